The first-order valence-electron chi connectivity index (χ1n) is 6.70. The lowest BCUT2D eigenvalue weighted by Crippen LogP contribution is -2.43. The van der Waals surface area contributed by atoms with E-state index in [1.165, 1.54) is 7.11 Å². The van der Waals surface area contributed by atoms with Crippen LogP contribution in [-0.2, 0) is 0 Å². The molecule has 0 aliphatic carbocycles. The second-order valence-corrected chi connectivity index (χ2v) is 4.61. The number of rotatable bonds is 8. The molecular weight excluding hydrogens is 258 g/mol. The molecule has 0 aliphatic rings. The molecule has 0 saturated carbocycles. The predicted molar refractivity (Wildman–Crippen MR) is 77.6 cm³/mol. The number of hydrogen-bond donors (Lipinski definition) is 2. The maximum atomic E-state index is 12.5. The summed E-state index contributed by atoms with van der Waals surface area (Å²) in [6.07, 6.45) is 0.753. The van der Waals surface area contributed by atoms with Crippen molar-refractivity contribution in [2.45, 2.75) is 32.4 Å². The largest absolute Gasteiger partial charge is 0.497 e. The van der Waals surface area contributed by atoms with Gasteiger partial charge in [0.1, 0.15) is 11.5 Å². The molecule has 0 amide bonds. The third-order valence-electron chi connectivity index (χ3n) is 3.26. The lowest BCUT2D eigenvalue weighted by molar-refractivity contribution is 0.0932. The lowest BCUT2D eigenvalue weighted by Gasteiger charge is -2.20. The zero-order valence-corrected chi connectivity index (χ0v) is 12.5. The van der Waals surface area contributed by atoms with Crippen LogP contribution in [0.2, 0.25) is 0 Å². The monoisotopic (exact) mass is 281 g/mol. The van der Waals surface area contributed by atoms with E-state index in [1.807, 2.05) is 6.92 Å². The van der Waals surface area contributed by atoms with Crippen molar-refractivity contribution in [3.8, 4) is 11.5 Å². The van der Waals surface area contributed by atoms with Gasteiger partial charge in [-0.1, -0.05) is 6.92 Å². The fourth-order valence-electron chi connectivity index (χ4n) is 1.97. The molecule has 112 valence electrons. The van der Waals surface area contributed by atoms with E-state index in [9.17, 15) is 9.90 Å². The third kappa shape index (κ3) is 3.95. The first kappa shape index (κ1) is 16.5. The molecule has 20 heavy (non-hydrogen) atoms. The Labute approximate surface area is 119 Å². The average molecular weight is 281 g/mol. The summed E-state index contributed by atoms with van der Waals surface area (Å²) in [7, 11) is 3.08. The molecule has 0 bridgehead atoms. The smallest absolute Gasteiger partial charge is 0.183 e. The molecule has 0 radical (unpaired) electrons. The summed E-state index contributed by atoms with van der Waals surface area (Å²) in [5.74, 6) is 1.03. The fraction of sp³-hybridized carbons (Fsp3) is 0.533. The Kier molecular flexibility index (Phi) is 6.48. The topological polar surface area (TPSA) is 67.8 Å². The van der Waals surface area contributed by atoms with Crippen molar-refractivity contribution in [1.82, 2.24) is 5.32 Å². The second kappa shape index (κ2) is 7.87. The van der Waals surface area contributed by atoms with Gasteiger partial charge in [-0.25, -0.2) is 0 Å². The highest BCUT2D eigenvalue weighted by atomic mass is 16.5. The number of carbonyl (C=O) groups is 1. The highest BCUT2D eigenvalue weighted by molar-refractivity contribution is 6.02. The summed E-state index contributed by atoms with van der Waals surface area (Å²) in [6, 6.07) is 4.62. The molecular formula is C15H23NO4. The number of Topliss-reactive ketones (excluding diaryl/α,β-unsaturated/α-hetero) is 1. The molecule has 2 N–H and O–H groups in total. The summed E-state index contributed by atoms with van der Waals surface area (Å²) < 4.78 is 10.4. The van der Waals surface area contributed by atoms with Crippen molar-refractivity contribution in [2.24, 2.45) is 0 Å². The highest BCUT2D eigenvalue weighted by Crippen LogP contribution is 2.25. The van der Waals surface area contributed by atoms with E-state index in [2.05, 4.69) is 5.32 Å². The number of ether oxygens (including phenoxy) is 2. The Morgan fingerprint density at radius 1 is 1.35 bits per heavy atom. The van der Waals surface area contributed by atoms with Crippen molar-refractivity contribution >= 4 is 5.78 Å². The minimum Gasteiger partial charge on any atom is -0.497 e. The Morgan fingerprint density at radius 2 is 2.05 bits per heavy atom. The minimum absolute atomic E-state index is 0.00334. The van der Waals surface area contributed by atoms with Crippen LogP contribution in [0.5, 0.6) is 11.5 Å². The quantitative estimate of drug-likeness (QED) is 0.709. The Bertz CT molecular complexity index is 443. The maximum Gasteiger partial charge on any atom is 0.183 e. The van der Waals surface area contributed by atoms with E-state index in [-0.39, 0.29) is 18.4 Å². The molecule has 0 aromatic heterocycles. The average Bonchev–Trinajstić information content (AvgIpc) is 2.50. The number of hydrogen-bond acceptors (Lipinski definition) is 5. The molecule has 0 heterocycles. The molecule has 5 nitrogen and oxygen atoms in total. The lowest BCUT2D eigenvalue weighted by atomic mass is 10.0. The zero-order chi connectivity index (χ0) is 15.1. The van der Waals surface area contributed by atoms with Gasteiger partial charge in [-0.05, 0) is 31.5 Å². The third-order valence-corrected chi connectivity index (χ3v) is 3.26. The molecule has 0 aliphatic heterocycles. The first-order chi connectivity index (χ1) is 9.57. The highest BCUT2D eigenvalue weighted by Gasteiger charge is 2.21. The summed E-state index contributed by atoms with van der Waals surface area (Å²) in [6.45, 7) is 3.74. The molecule has 0 saturated heterocycles. The molecule has 2 unspecified atom stereocenters. The predicted octanol–water partition coefficient (Wildman–Crippen LogP) is 1.64. The molecule has 1 aromatic carbocycles. The molecule has 2 atom stereocenters. The van der Waals surface area contributed by atoms with Gasteiger partial charge in [0.2, 0.25) is 0 Å². The maximum absolute atomic E-state index is 12.5. The van der Waals surface area contributed by atoms with Crippen LogP contribution in [0.25, 0.3) is 0 Å². The van der Waals surface area contributed by atoms with E-state index in [0.717, 1.165) is 6.42 Å². The first-order valence-corrected chi connectivity index (χ1v) is 6.70. The Hall–Kier alpha value is -1.59. The van der Waals surface area contributed by atoms with Crippen molar-refractivity contribution in [2.75, 3.05) is 20.8 Å². The van der Waals surface area contributed by atoms with E-state index in [0.29, 0.717) is 17.1 Å². The van der Waals surface area contributed by atoms with E-state index >= 15 is 0 Å². The van der Waals surface area contributed by atoms with Gasteiger partial charge in [0.15, 0.2) is 5.78 Å². The second-order valence-electron chi connectivity index (χ2n) is 4.61. The minimum atomic E-state index is -0.409. The standard InChI is InChI=1S/C15H23NO4/c1-5-11(9-17)16-10(2)15(18)13-8-12(19-3)6-7-14(13)20-4/h6-8,10-11,16-17H,5,9H2,1-4H3. The van der Waals surface area contributed by atoms with E-state index in [1.54, 1.807) is 32.2 Å². The summed E-state index contributed by atoms with van der Waals surface area (Å²) in [5, 5.41) is 12.3. The van der Waals surface area contributed by atoms with E-state index in [4.69, 9.17) is 9.47 Å². The zero-order valence-electron chi connectivity index (χ0n) is 12.5. The van der Waals surface area contributed by atoms with Crippen molar-refractivity contribution in [3.63, 3.8) is 0 Å². The van der Waals surface area contributed by atoms with Crippen LogP contribution in [-0.4, -0.2) is 43.8 Å². The van der Waals surface area contributed by atoms with Crippen LogP contribution in [0.15, 0.2) is 18.2 Å². The van der Waals surface area contributed by atoms with Gasteiger partial charge in [-0.15, -0.1) is 0 Å². The molecule has 1 rings (SSSR count). The van der Waals surface area contributed by atoms with Gasteiger partial charge in [-0.2, -0.15) is 0 Å². The van der Waals surface area contributed by atoms with Gasteiger partial charge >= 0.3 is 0 Å². The van der Waals surface area contributed by atoms with Crippen LogP contribution in [0.3, 0.4) is 0 Å². The van der Waals surface area contributed by atoms with Gasteiger partial charge < -0.3 is 19.9 Å². The van der Waals surface area contributed by atoms with Gasteiger partial charge in [0.25, 0.3) is 0 Å². The number of aliphatic hydroxyl groups is 1. The van der Waals surface area contributed by atoms with Crippen molar-refractivity contribution < 1.29 is 19.4 Å². The Balaban J connectivity index is 2.94. The number of aliphatic hydroxyl groups excluding tert-OH is 1. The van der Waals surface area contributed by atoms with Crippen molar-refractivity contribution in [3.05, 3.63) is 23.8 Å². The number of nitrogens with one attached hydrogen (secondary N) is 1. The molecule has 1 aromatic rings. The van der Waals surface area contributed by atoms with Crippen LogP contribution in [0, 0.1) is 0 Å². The van der Waals surface area contributed by atoms with Crippen LogP contribution >= 0.6 is 0 Å². The van der Waals surface area contributed by atoms with Crippen LogP contribution in [0.1, 0.15) is 30.6 Å². The number of ketones is 1. The van der Waals surface area contributed by atoms with Gasteiger partial charge in [0.05, 0.1) is 32.4 Å². The number of methoxy groups -OCH3 is 2. The fourth-order valence-corrected chi connectivity index (χ4v) is 1.97. The van der Waals surface area contributed by atoms with Crippen molar-refractivity contribution in [1.29, 1.82) is 0 Å². The number of carbonyl (C=O) groups excluding carboxylic acids is 1. The van der Waals surface area contributed by atoms with Gasteiger partial charge in [0, 0.05) is 6.04 Å². The van der Waals surface area contributed by atoms with Crippen LogP contribution in [0.4, 0.5) is 0 Å². The normalized spacial score (nSPS) is 13.7. The molecule has 0 spiro atoms. The number of benzene rings is 1. The van der Waals surface area contributed by atoms with Crippen LogP contribution < -0.4 is 14.8 Å². The Morgan fingerprint density at radius 3 is 2.55 bits per heavy atom. The molecule has 5 heteroatoms. The summed E-state index contributed by atoms with van der Waals surface area (Å²) in [5.41, 5.74) is 0.472. The summed E-state index contributed by atoms with van der Waals surface area (Å²) >= 11 is 0. The summed E-state index contributed by atoms with van der Waals surface area (Å²) in [4.78, 5) is 12.5. The SMILES string of the molecule is CCC(CO)NC(C)C(=O)c1cc(OC)ccc1OC. The van der Waals surface area contributed by atoms with E-state index < -0.39 is 6.04 Å². The molecule has 0 fully saturated rings. The van der Waals surface area contributed by atoms with Gasteiger partial charge in [-0.3, -0.25) is 4.79 Å².